The molecule has 3 rings (SSSR count). The third-order valence-electron chi connectivity index (χ3n) is 4.14. The molecule has 0 aliphatic rings. The van der Waals surface area contributed by atoms with Crippen LogP contribution in [0.1, 0.15) is 6.92 Å². The maximum atomic E-state index is 14.9. The van der Waals surface area contributed by atoms with Gasteiger partial charge in [-0.2, -0.15) is 17.5 Å². The summed E-state index contributed by atoms with van der Waals surface area (Å²) in [5, 5.41) is 4.58. The number of nitrogens with zero attached hydrogens (tertiary/aromatic N) is 4. The molecule has 0 aliphatic heterocycles. The summed E-state index contributed by atoms with van der Waals surface area (Å²) in [7, 11) is -2.53. The molecule has 0 radical (unpaired) electrons. The lowest BCUT2D eigenvalue weighted by molar-refractivity contribution is -0.142. The van der Waals surface area contributed by atoms with Crippen LogP contribution in [-0.4, -0.2) is 56.4 Å². The van der Waals surface area contributed by atoms with Gasteiger partial charge in [-0.15, -0.1) is 0 Å². The molecule has 0 fully saturated rings. The van der Waals surface area contributed by atoms with Crippen LogP contribution in [0.3, 0.4) is 0 Å². The Morgan fingerprint density at radius 1 is 1.24 bits per heavy atom. The van der Waals surface area contributed by atoms with Crippen molar-refractivity contribution in [2.45, 2.75) is 19.2 Å². The molecule has 0 saturated carbocycles. The van der Waals surface area contributed by atoms with Crippen molar-refractivity contribution < 1.29 is 31.3 Å². The summed E-state index contributed by atoms with van der Waals surface area (Å²) in [6.07, 6.45) is -0.526. The van der Waals surface area contributed by atoms with Gasteiger partial charge in [-0.25, -0.2) is 23.6 Å². The number of carbonyl (C=O) groups is 1. The second kappa shape index (κ2) is 9.75. The third kappa shape index (κ3) is 6.73. The number of anilines is 2. The van der Waals surface area contributed by atoms with Gasteiger partial charge in [0.05, 0.1) is 16.6 Å². The Kier molecular flexibility index (Phi) is 7.19. The summed E-state index contributed by atoms with van der Waals surface area (Å²) in [5.74, 6) is -1.80. The Bertz CT molecular complexity index is 1330. The number of benzene rings is 1. The van der Waals surface area contributed by atoms with Crippen LogP contribution in [0.4, 0.5) is 34.8 Å². The van der Waals surface area contributed by atoms with E-state index in [0.29, 0.717) is 0 Å². The number of rotatable bonds is 7. The lowest BCUT2D eigenvalue weighted by Gasteiger charge is -2.17. The summed E-state index contributed by atoms with van der Waals surface area (Å²) < 4.78 is 73.3. The van der Waals surface area contributed by atoms with Gasteiger partial charge in [-0.05, 0) is 25.1 Å². The zero-order chi connectivity index (χ0) is 25.1. The lowest BCUT2D eigenvalue weighted by Crippen LogP contribution is -2.41. The zero-order valence-corrected chi connectivity index (χ0v) is 19.0. The standard InChI is InChI=1S/C20H20F4N6O3S/c1-11(18(31)26-9-20(22,23)24)33-19-14(5-4-6-25-19)29-17-16-13(21)7-12(30-34(2,3)32)8-15(16)27-10-28-17/h4-8,10-11H,9H2,1-3H3,(H,26,31)(H,27,28,29)/t11-/m1/s1. The highest BCUT2D eigenvalue weighted by atomic mass is 32.2. The van der Waals surface area contributed by atoms with Crippen molar-refractivity contribution in [2.24, 2.45) is 4.36 Å². The van der Waals surface area contributed by atoms with E-state index >= 15 is 0 Å². The van der Waals surface area contributed by atoms with Gasteiger partial charge in [-0.1, -0.05) is 0 Å². The fraction of sp³-hybridized carbons (Fsp3) is 0.300. The summed E-state index contributed by atoms with van der Waals surface area (Å²) in [4.78, 5) is 24.0. The fourth-order valence-electron chi connectivity index (χ4n) is 2.79. The van der Waals surface area contributed by atoms with Crippen LogP contribution >= 0.6 is 0 Å². The molecule has 182 valence electrons. The minimum atomic E-state index is -4.57. The van der Waals surface area contributed by atoms with Gasteiger partial charge < -0.3 is 15.4 Å². The van der Waals surface area contributed by atoms with Crippen LogP contribution in [0.2, 0.25) is 0 Å². The highest BCUT2D eigenvalue weighted by Crippen LogP contribution is 2.32. The number of alkyl halides is 3. The quantitative estimate of drug-likeness (QED) is 0.475. The second-order valence-electron chi connectivity index (χ2n) is 7.39. The number of fused-ring (bicyclic) bond motifs is 1. The Hall–Kier alpha value is -3.55. The van der Waals surface area contributed by atoms with Crippen molar-refractivity contribution >= 4 is 43.7 Å². The largest absolute Gasteiger partial charge is 0.463 e. The number of ether oxygens (including phenoxy) is 1. The number of amides is 1. The highest BCUT2D eigenvalue weighted by Gasteiger charge is 2.29. The molecule has 2 aromatic heterocycles. The van der Waals surface area contributed by atoms with Gasteiger partial charge in [0.25, 0.3) is 5.91 Å². The average Bonchev–Trinajstić information content (AvgIpc) is 2.71. The highest BCUT2D eigenvalue weighted by molar-refractivity contribution is 7.92. The molecule has 2 heterocycles. The number of hydrogen-bond donors (Lipinski definition) is 2. The van der Waals surface area contributed by atoms with Crippen molar-refractivity contribution in [3.8, 4) is 5.88 Å². The Morgan fingerprint density at radius 3 is 2.65 bits per heavy atom. The number of carbonyl (C=O) groups excluding carboxylic acids is 1. The molecule has 3 aromatic rings. The van der Waals surface area contributed by atoms with Crippen LogP contribution in [0.25, 0.3) is 10.9 Å². The van der Waals surface area contributed by atoms with Crippen molar-refractivity contribution in [1.29, 1.82) is 0 Å². The van der Waals surface area contributed by atoms with Crippen LogP contribution in [0.5, 0.6) is 5.88 Å². The number of hydrogen-bond acceptors (Lipinski definition) is 8. The van der Waals surface area contributed by atoms with E-state index in [9.17, 15) is 26.6 Å². The maximum Gasteiger partial charge on any atom is 0.405 e. The van der Waals surface area contributed by atoms with Gasteiger partial charge in [-0.3, -0.25) is 4.79 Å². The molecule has 0 aliphatic carbocycles. The Morgan fingerprint density at radius 2 is 1.97 bits per heavy atom. The van der Waals surface area contributed by atoms with E-state index in [1.165, 1.54) is 50.2 Å². The molecule has 14 heteroatoms. The monoisotopic (exact) mass is 500 g/mol. The minimum absolute atomic E-state index is 0.00549. The molecule has 0 bridgehead atoms. The van der Waals surface area contributed by atoms with Crippen LogP contribution in [0.15, 0.2) is 41.2 Å². The first-order chi connectivity index (χ1) is 15.8. The summed E-state index contributed by atoms with van der Waals surface area (Å²) in [5.41, 5.74) is 0.510. The maximum absolute atomic E-state index is 14.9. The molecular weight excluding hydrogens is 480 g/mol. The van der Waals surface area contributed by atoms with Crippen molar-refractivity contribution in [3.63, 3.8) is 0 Å². The van der Waals surface area contributed by atoms with Crippen LogP contribution in [0, 0.1) is 5.82 Å². The average molecular weight is 500 g/mol. The number of pyridine rings is 1. The Labute approximate surface area is 192 Å². The van der Waals surface area contributed by atoms with E-state index in [1.807, 2.05) is 0 Å². The molecule has 0 saturated heterocycles. The third-order valence-corrected chi connectivity index (χ3v) is 4.80. The van der Waals surface area contributed by atoms with Gasteiger partial charge in [0.1, 0.15) is 30.2 Å². The van der Waals surface area contributed by atoms with Gasteiger partial charge in [0, 0.05) is 34.5 Å². The molecular formula is C20H20F4N6O3S. The molecule has 1 amide bonds. The second-order valence-corrected chi connectivity index (χ2v) is 9.94. The van der Waals surface area contributed by atoms with Crippen LogP contribution in [-0.2, 0) is 14.5 Å². The minimum Gasteiger partial charge on any atom is -0.463 e. The summed E-state index contributed by atoms with van der Waals surface area (Å²) in [6, 6.07) is 5.57. The smallest absolute Gasteiger partial charge is 0.405 e. The SMILES string of the molecule is C[C@@H](Oc1ncccc1Nc1ncnc2cc(N=S(C)(C)=O)cc(F)c12)C(=O)NCC(F)(F)F. The van der Waals surface area contributed by atoms with E-state index in [0.717, 1.165) is 6.07 Å². The predicted molar refractivity (Wildman–Crippen MR) is 118 cm³/mol. The van der Waals surface area contributed by atoms with Crippen molar-refractivity contribution in [2.75, 3.05) is 24.4 Å². The normalized spacial score (nSPS) is 12.8. The van der Waals surface area contributed by atoms with E-state index < -0.39 is 40.3 Å². The molecule has 2 N–H and O–H groups in total. The van der Waals surface area contributed by atoms with Gasteiger partial charge in [0.15, 0.2) is 6.10 Å². The first kappa shape index (κ1) is 25.1. The summed E-state index contributed by atoms with van der Waals surface area (Å²) in [6.45, 7) is -0.243. The van der Waals surface area contributed by atoms with Crippen molar-refractivity contribution in [1.82, 2.24) is 20.3 Å². The van der Waals surface area contributed by atoms with E-state index in [4.69, 9.17) is 4.74 Å². The zero-order valence-electron chi connectivity index (χ0n) is 18.2. The number of nitrogens with one attached hydrogen (secondary N) is 2. The van der Waals surface area contributed by atoms with Gasteiger partial charge in [0.2, 0.25) is 5.88 Å². The molecule has 9 nitrogen and oxygen atoms in total. The molecule has 34 heavy (non-hydrogen) atoms. The van der Waals surface area contributed by atoms with Crippen LogP contribution < -0.4 is 15.4 Å². The molecule has 0 unspecified atom stereocenters. The lowest BCUT2D eigenvalue weighted by atomic mass is 10.2. The fourth-order valence-corrected chi connectivity index (χ4v) is 3.40. The number of aromatic nitrogens is 3. The molecule has 1 aromatic carbocycles. The van der Waals surface area contributed by atoms with E-state index in [1.54, 1.807) is 5.32 Å². The van der Waals surface area contributed by atoms with Crippen molar-refractivity contribution in [3.05, 3.63) is 42.6 Å². The van der Waals surface area contributed by atoms with Gasteiger partial charge >= 0.3 is 6.18 Å². The summed E-state index contributed by atoms with van der Waals surface area (Å²) >= 11 is 0. The van der Waals surface area contributed by atoms with E-state index in [-0.39, 0.29) is 34.0 Å². The topological polar surface area (TPSA) is 118 Å². The Balaban J connectivity index is 1.89. The molecule has 1 atom stereocenters. The van der Waals surface area contributed by atoms with E-state index in [2.05, 4.69) is 24.6 Å². The first-order valence-corrected chi connectivity index (χ1v) is 12.0. The number of halogens is 4. The first-order valence-electron chi connectivity index (χ1n) is 9.67. The molecule has 0 spiro atoms. The predicted octanol–water partition coefficient (Wildman–Crippen LogP) is 3.71.